The van der Waals surface area contributed by atoms with Crippen LogP contribution < -0.4 is 10.2 Å². The zero-order valence-corrected chi connectivity index (χ0v) is 14.5. The Balaban J connectivity index is 1.67. The van der Waals surface area contributed by atoms with Crippen molar-refractivity contribution in [2.24, 2.45) is 0 Å². The highest BCUT2D eigenvalue weighted by atomic mass is 32.2. The molecule has 1 aromatic carbocycles. The highest BCUT2D eigenvalue weighted by Gasteiger charge is 2.26. The van der Waals surface area contributed by atoms with Gasteiger partial charge < -0.3 is 10.2 Å². The van der Waals surface area contributed by atoms with Crippen LogP contribution >= 0.6 is 0 Å². The van der Waals surface area contributed by atoms with Crippen LogP contribution in [-0.2, 0) is 10.8 Å². The summed E-state index contributed by atoms with van der Waals surface area (Å²) in [6.07, 6.45) is 2.65. The highest BCUT2D eigenvalue weighted by Crippen LogP contribution is 2.19. The molecule has 5 nitrogen and oxygen atoms in total. The lowest BCUT2D eigenvalue weighted by atomic mass is 10.2. The molecular weight excluding hydrogens is 322 g/mol. The topological polar surface area (TPSA) is 62.3 Å². The van der Waals surface area contributed by atoms with Crippen molar-refractivity contribution in [1.82, 2.24) is 10.3 Å². The number of amides is 1. The molecule has 126 valence electrons. The first-order valence-electron chi connectivity index (χ1n) is 8.13. The average molecular weight is 343 g/mol. The van der Waals surface area contributed by atoms with Crippen molar-refractivity contribution in [3.8, 4) is 0 Å². The predicted octanol–water partition coefficient (Wildman–Crippen LogP) is 2.22. The van der Waals surface area contributed by atoms with Gasteiger partial charge >= 0.3 is 0 Å². The molecule has 0 unspecified atom stereocenters. The zero-order chi connectivity index (χ0) is 16.9. The monoisotopic (exact) mass is 343 g/mol. The Kier molecular flexibility index (Phi) is 5.25. The van der Waals surface area contributed by atoms with Crippen molar-refractivity contribution in [3.63, 3.8) is 0 Å². The van der Waals surface area contributed by atoms with Gasteiger partial charge in [0.05, 0.1) is 21.3 Å². The van der Waals surface area contributed by atoms with E-state index in [2.05, 4.69) is 15.2 Å². The summed E-state index contributed by atoms with van der Waals surface area (Å²) in [5, 5.41) is 3.07. The quantitative estimate of drug-likeness (QED) is 0.904. The molecule has 2 heterocycles. The van der Waals surface area contributed by atoms with Crippen LogP contribution in [0, 0.1) is 0 Å². The predicted molar refractivity (Wildman–Crippen MR) is 95.7 cm³/mol. The van der Waals surface area contributed by atoms with Gasteiger partial charge in [-0.15, -0.1) is 0 Å². The van der Waals surface area contributed by atoms with E-state index in [9.17, 15) is 9.00 Å². The van der Waals surface area contributed by atoms with Gasteiger partial charge in [-0.3, -0.25) is 9.00 Å². The zero-order valence-electron chi connectivity index (χ0n) is 13.6. The fourth-order valence-corrected chi connectivity index (χ4v) is 3.85. The van der Waals surface area contributed by atoms with E-state index in [1.54, 1.807) is 24.4 Å². The van der Waals surface area contributed by atoms with Gasteiger partial charge in [-0.2, -0.15) is 0 Å². The molecule has 1 aromatic heterocycles. The molecule has 0 bridgehead atoms. The third-order valence-corrected chi connectivity index (χ3v) is 5.51. The van der Waals surface area contributed by atoms with E-state index >= 15 is 0 Å². The Hall–Kier alpha value is -2.21. The minimum Gasteiger partial charge on any atom is -0.354 e. The maximum atomic E-state index is 12.6. The summed E-state index contributed by atoms with van der Waals surface area (Å²) in [5.41, 5.74) is 0.508. The molecule has 0 saturated carbocycles. The fourth-order valence-electron chi connectivity index (χ4n) is 2.90. The van der Waals surface area contributed by atoms with Crippen LogP contribution in [0.3, 0.4) is 0 Å². The highest BCUT2D eigenvalue weighted by molar-refractivity contribution is 7.85. The number of hydrogen-bond donors (Lipinski definition) is 1. The summed E-state index contributed by atoms with van der Waals surface area (Å²) in [5.74, 6) is 1.28. The normalized spacial score (nSPS) is 18.4. The van der Waals surface area contributed by atoms with Gasteiger partial charge in [-0.1, -0.05) is 25.1 Å². The third kappa shape index (κ3) is 3.64. The molecule has 1 amide bonds. The van der Waals surface area contributed by atoms with Gasteiger partial charge in [0.1, 0.15) is 5.82 Å². The third-order valence-electron chi connectivity index (χ3n) is 4.14. The molecule has 6 heteroatoms. The van der Waals surface area contributed by atoms with Gasteiger partial charge in [0.25, 0.3) is 5.91 Å². The molecule has 0 radical (unpaired) electrons. The van der Waals surface area contributed by atoms with Gasteiger partial charge in [0.2, 0.25) is 0 Å². The van der Waals surface area contributed by atoms with E-state index in [0.29, 0.717) is 16.2 Å². The number of carbonyl (C=O) groups excluding carboxylic acids is 1. The molecule has 1 saturated heterocycles. The lowest BCUT2D eigenvalue weighted by Gasteiger charge is -2.18. The molecule has 24 heavy (non-hydrogen) atoms. The maximum Gasteiger partial charge on any atom is 0.252 e. The standard InChI is InChI=1S/C18H21N3O2S/c1-2-24(23)16-8-4-3-7-15(16)18(22)20-14-10-12-21(13-14)17-9-5-6-11-19-17/h3-9,11,14H,2,10,12-13H2,1H3,(H,20,22)/t14-,24+/m0/s1. The molecular formula is C18H21N3O2S. The number of nitrogens with zero attached hydrogens (tertiary/aromatic N) is 2. The first kappa shape index (κ1) is 16.6. The van der Waals surface area contributed by atoms with Gasteiger partial charge in [-0.25, -0.2) is 4.98 Å². The van der Waals surface area contributed by atoms with E-state index in [-0.39, 0.29) is 11.9 Å². The molecule has 1 aliphatic rings. The summed E-state index contributed by atoms with van der Waals surface area (Å²) in [6.45, 7) is 3.46. The first-order valence-corrected chi connectivity index (χ1v) is 9.45. The minimum atomic E-state index is -1.14. The largest absolute Gasteiger partial charge is 0.354 e. The molecule has 1 N–H and O–H groups in total. The number of nitrogens with one attached hydrogen (secondary N) is 1. The molecule has 1 aliphatic heterocycles. The summed E-state index contributed by atoms with van der Waals surface area (Å²) in [7, 11) is -1.14. The summed E-state index contributed by atoms with van der Waals surface area (Å²) in [6, 6.07) is 13.0. The van der Waals surface area contributed by atoms with Crippen LogP contribution in [0.4, 0.5) is 5.82 Å². The number of rotatable bonds is 5. The number of benzene rings is 1. The van der Waals surface area contributed by atoms with Gasteiger partial charge in [0.15, 0.2) is 0 Å². The SMILES string of the molecule is CC[S@@](=O)c1ccccc1C(=O)N[C@H]1CCN(c2ccccn2)C1. The van der Waals surface area contributed by atoms with Crippen LogP contribution in [-0.4, -0.2) is 40.0 Å². The van der Waals surface area contributed by atoms with Crippen LogP contribution in [0.1, 0.15) is 23.7 Å². The van der Waals surface area contributed by atoms with E-state index < -0.39 is 10.8 Å². The molecule has 1 fully saturated rings. The lowest BCUT2D eigenvalue weighted by molar-refractivity contribution is 0.0937. The first-order chi connectivity index (χ1) is 11.7. The molecule has 0 aliphatic carbocycles. The maximum absolute atomic E-state index is 12.6. The van der Waals surface area contributed by atoms with Crippen LogP contribution in [0.15, 0.2) is 53.6 Å². The number of hydrogen-bond acceptors (Lipinski definition) is 4. The van der Waals surface area contributed by atoms with Crippen molar-refractivity contribution in [2.45, 2.75) is 24.3 Å². The summed E-state index contributed by atoms with van der Waals surface area (Å²) < 4.78 is 12.1. The second-order valence-electron chi connectivity index (χ2n) is 5.72. The number of pyridine rings is 1. The Bertz CT molecular complexity index is 736. The van der Waals surface area contributed by atoms with Crippen molar-refractivity contribution in [2.75, 3.05) is 23.7 Å². The van der Waals surface area contributed by atoms with Gasteiger partial charge in [-0.05, 0) is 30.7 Å². The second kappa shape index (κ2) is 7.57. The fraction of sp³-hybridized carbons (Fsp3) is 0.333. The second-order valence-corrected chi connectivity index (χ2v) is 7.43. The van der Waals surface area contributed by atoms with Crippen LogP contribution in [0.2, 0.25) is 0 Å². The lowest BCUT2D eigenvalue weighted by Crippen LogP contribution is -2.37. The molecule has 3 rings (SSSR count). The van der Waals surface area contributed by atoms with Crippen LogP contribution in [0.25, 0.3) is 0 Å². The number of aromatic nitrogens is 1. The molecule has 2 atom stereocenters. The van der Waals surface area contributed by atoms with Gasteiger partial charge in [0, 0.05) is 31.1 Å². The van der Waals surface area contributed by atoms with Crippen molar-refractivity contribution >= 4 is 22.5 Å². The van der Waals surface area contributed by atoms with Crippen molar-refractivity contribution in [1.29, 1.82) is 0 Å². The van der Waals surface area contributed by atoms with E-state index in [1.807, 2.05) is 31.2 Å². The summed E-state index contributed by atoms with van der Waals surface area (Å²) in [4.78, 5) is 19.7. The molecule has 0 spiro atoms. The summed E-state index contributed by atoms with van der Waals surface area (Å²) >= 11 is 0. The Labute approximate surface area is 144 Å². The number of anilines is 1. The Morgan fingerprint density at radius 1 is 1.29 bits per heavy atom. The minimum absolute atomic E-state index is 0.0719. The average Bonchev–Trinajstić information content (AvgIpc) is 3.10. The van der Waals surface area contributed by atoms with E-state index in [0.717, 1.165) is 25.3 Å². The van der Waals surface area contributed by atoms with E-state index in [1.165, 1.54) is 0 Å². The number of carbonyl (C=O) groups is 1. The van der Waals surface area contributed by atoms with Crippen molar-refractivity contribution in [3.05, 3.63) is 54.2 Å². The van der Waals surface area contributed by atoms with Crippen molar-refractivity contribution < 1.29 is 9.00 Å². The Morgan fingerprint density at radius 2 is 2.08 bits per heavy atom. The van der Waals surface area contributed by atoms with Crippen LogP contribution in [0.5, 0.6) is 0 Å². The Morgan fingerprint density at radius 3 is 2.83 bits per heavy atom. The molecule has 2 aromatic rings. The smallest absolute Gasteiger partial charge is 0.252 e. The van der Waals surface area contributed by atoms with E-state index in [4.69, 9.17) is 0 Å².